The van der Waals surface area contributed by atoms with Crippen LogP contribution in [0.25, 0.3) is 88.5 Å². The van der Waals surface area contributed by atoms with Crippen molar-refractivity contribution in [2.24, 2.45) is 0 Å². The molecule has 66 heavy (non-hydrogen) atoms. The van der Waals surface area contributed by atoms with E-state index in [0.29, 0.717) is 28.2 Å². The quantitative estimate of drug-likeness (QED) is 0.136. The Morgan fingerprint density at radius 1 is 0.439 bits per heavy atom. The summed E-state index contributed by atoms with van der Waals surface area (Å²) < 4.78 is 2.29. The van der Waals surface area contributed by atoms with Crippen LogP contribution in [0.4, 0.5) is 22.7 Å². The molecule has 0 aliphatic rings. The molecule has 0 radical (unpaired) electrons. The predicted octanol–water partition coefficient (Wildman–Crippen LogP) is 15.8. The fourth-order valence-corrected chi connectivity index (χ4v) is 8.90. The molecule has 0 aliphatic carbocycles. The van der Waals surface area contributed by atoms with Gasteiger partial charge in [0.15, 0.2) is 11.5 Å². The summed E-state index contributed by atoms with van der Waals surface area (Å²) in [7, 11) is 0. The van der Waals surface area contributed by atoms with Crippen molar-refractivity contribution in [1.82, 2.24) is 14.5 Å². The van der Waals surface area contributed by atoms with Crippen molar-refractivity contribution in [2.45, 2.75) is 0 Å². The molecule has 0 amide bonds. The number of para-hydroxylation sites is 3. The Hall–Kier alpha value is -9.36. The van der Waals surface area contributed by atoms with Gasteiger partial charge in [-0.1, -0.05) is 152 Å². The third-order valence-electron chi connectivity index (χ3n) is 12.1. The molecule has 2 aromatic heterocycles. The SMILES string of the molecule is [C-]#[N+]c1cc(-c2ccc(-c3cc(-c4ccccc4)nc(-c4ccccc4)n3)cc2)c(C#N)cc1-c1ccc(-n2c3ccccc3c3cc(N(c4ccccc4)c4ccccc4)ccc32)cc1. The summed E-state index contributed by atoms with van der Waals surface area (Å²) in [5.41, 5.74) is 15.0. The van der Waals surface area contributed by atoms with Crippen molar-refractivity contribution in [3.8, 4) is 67.9 Å². The van der Waals surface area contributed by atoms with Crippen molar-refractivity contribution in [1.29, 1.82) is 5.26 Å². The van der Waals surface area contributed by atoms with E-state index in [4.69, 9.17) is 16.5 Å². The number of hydrogen-bond donors (Lipinski definition) is 0. The molecule has 0 spiro atoms. The fraction of sp³-hybridized carbons (Fsp3) is 0. The molecule has 0 saturated carbocycles. The van der Waals surface area contributed by atoms with Crippen LogP contribution in [-0.4, -0.2) is 14.5 Å². The molecule has 0 saturated heterocycles. The monoisotopic (exact) mass is 842 g/mol. The second-order valence-electron chi connectivity index (χ2n) is 16.0. The molecule has 9 aromatic carbocycles. The first-order valence-electron chi connectivity index (χ1n) is 21.7. The zero-order valence-electron chi connectivity index (χ0n) is 35.6. The van der Waals surface area contributed by atoms with Gasteiger partial charge in [-0.3, -0.25) is 0 Å². The summed E-state index contributed by atoms with van der Waals surface area (Å²) in [6, 6.07) is 80.6. The van der Waals surface area contributed by atoms with Gasteiger partial charge in [-0.25, -0.2) is 14.8 Å². The molecular formula is C60H38N6. The predicted molar refractivity (Wildman–Crippen MR) is 269 cm³/mol. The molecule has 2 heterocycles. The number of anilines is 3. The summed E-state index contributed by atoms with van der Waals surface area (Å²) >= 11 is 0. The molecule has 11 rings (SSSR count). The van der Waals surface area contributed by atoms with E-state index < -0.39 is 0 Å². The Balaban J connectivity index is 0.929. The molecule has 0 atom stereocenters. The maximum Gasteiger partial charge on any atom is 0.195 e. The topological polar surface area (TPSA) is 62.1 Å². The van der Waals surface area contributed by atoms with Crippen molar-refractivity contribution in [2.75, 3.05) is 4.90 Å². The van der Waals surface area contributed by atoms with Crippen LogP contribution in [0.1, 0.15) is 5.56 Å². The molecule has 6 heteroatoms. The number of benzene rings is 9. The van der Waals surface area contributed by atoms with Crippen LogP contribution in [0.15, 0.2) is 231 Å². The first kappa shape index (κ1) is 39.5. The van der Waals surface area contributed by atoms with E-state index in [2.05, 4.69) is 124 Å². The fourth-order valence-electron chi connectivity index (χ4n) is 8.90. The standard InChI is InChI=1S/C60H38N6/c1-62-57-38-52(41-26-28-44(29-27-41)56-39-55(43-16-6-2-7-17-43)63-60(64-56)45-18-8-3-9-19-45)46(40-61)36-53(57)42-30-32-49(33-31-42)66-58-25-15-14-24-51(58)54-37-50(34-35-59(54)66)65(47-20-10-4-11-21-47)48-22-12-5-13-23-48/h2-39H. The average Bonchev–Trinajstić information content (AvgIpc) is 3.73. The van der Waals surface area contributed by atoms with Gasteiger partial charge in [0.2, 0.25) is 0 Å². The number of hydrogen-bond acceptors (Lipinski definition) is 4. The second kappa shape index (κ2) is 17.1. The summed E-state index contributed by atoms with van der Waals surface area (Å²) in [5, 5.41) is 12.8. The lowest BCUT2D eigenvalue weighted by atomic mass is 9.93. The second-order valence-corrected chi connectivity index (χ2v) is 16.0. The summed E-state index contributed by atoms with van der Waals surface area (Å²) in [6.07, 6.45) is 0. The maximum atomic E-state index is 10.5. The van der Waals surface area contributed by atoms with Gasteiger partial charge in [0, 0.05) is 50.2 Å². The van der Waals surface area contributed by atoms with Crippen LogP contribution < -0.4 is 4.90 Å². The lowest BCUT2D eigenvalue weighted by Crippen LogP contribution is -2.09. The van der Waals surface area contributed by atoms with E-state index >= 15 is 0 Å². The lowest BCUT2D eigenvalue weighted by molar-refractivity contribution is 1.18. The van der Waals surface area contributed by atoms with Crippen molar-refractivity contribution >= 4 is 44.6 Å². The maximum absolute atomic E-state index is 10.5. The van der Waals surface area contributed by atoms with Crippen LogP contribution in [0.2, 0.25) is 0 Å². The molecule has 308 valence electrons. The van der Waals surface area contributed by atoms with Gasteiger partial charge in [-0.2, -0.15) is 5.26 Å². The number of aromatic nitrogens is 3. The highest BCUT2D eigenvalue weighted by atomic mass is 15.1. The lowest BCUT2D eigenvalue weighted by Gasteiger charge is -2.25. The van der Waals surface area contributed by atoms with Crippen LogP contribution in [0, 0.1) is 17.9 Å². The van der Waals surface area contributed by atoms with Crippen LogP contribution in [-0.2, 0) is 0 Å². The third-order valence-corrected chi connectivity index (χ3v) is 12.1. The third kappa shape index (κ3) is 7.31. The Morgan fingerprint density at radius 2 is 0.955 bits per heavy atom. The van der Waals surface area contributed by atoms with Crippen molar-refractivity contribution < 1.29 is 0 Å². The minimum atomic E-state index is 0.474. The van der Waals surface area contributed by atoms with Gasteiger partial charge >= 0.3 is 0 Å². The molecule has 0 fully saturated rings. The molecule has 0 N–H and O–H groups in total. The van der Waals surface area contributed by atoms with Crippen LogP contribution >= 0.6 is 0 Å². The minimum Gasteiger partial charge on any atom is -0.310 e. The van der Waals surface area contributed by atoms with Gasteiger partial charge in [0.1, 0.15) is 0 Å². The normalized spacial score (nSPS) is 11.0. The minimum absolute atomic E-state index is 0.474. The summed E-state index contributed by atoms with van der Waals surface area (Å²) in [4.78, 5) is 16.2. The largest absolute Gasteiger partial charge is 0.310 e. The smallest absolute Gasteiger partial charge is 0.195 e. The Bertz CT molecular complexity index is 3530. The van der Waals surface area contributed by atoms with E-state index in [-0.39, 0.29) is 0 Å². The highest BCUT2D eigenvalue weighted by Crippen LogP contribution is 2.42. The van der Waals surface area contributed by atoms with Crippen LogP contribution in [0.5, 0.6) is 0 Å². The first-order chi connectivity index (χ1) is 32.6. The van der Waals surface area contributed by atoms with E-state index in [1.165, 1.54) is 0 Å². The number of nitrogens with zero attached hydrogens (tertiary/aromatic N) is 6. The van der Waals surface area contributed by atoms with E-state index in [1.54, 1.807) is 0 Å². The van der Waals surface area contributed by atoms with Gasteiger partial charge < -0.3 is 9.47 Å². The highest BCUT2D eigenvalue weighted by Gasteiger charge is 2.19. The number of nitriles is 1. The van der Waals surface area contributed by atoms with E-state index in [9.17, 15) is 5.26 Å². The van der Waals surface area contributed by atoms with E-state index in [1.807, 2.05) is 127 Å². The highest BCUT2D eigenvalue weighted by molar-refractivity contribution is 6.10. The van der Waals surface area contributed by atoms with Gasteiger partial charge in [-0.05, 0) is 101 Å². The van der Waals surface area contributed by atoms with Gasteiger partial charge in [-0.15, -0.1) is 0 Å². The summed E-state index contributed by atoms with van der Waals surface area (Å²) in [5.74, 6) is 0.645. The summed E-state index contributed by atoms with van der Waals surface area (Å²) in [6.45, 7) is 8.26. The Labute approximate surface area is 383 Å². The Morgan fingerprint density at radius 3 is 1.58 bits per heavy atom. The molecule has 0 bridgehead atoms. The average molecular weight is 843 g/mol. The molecule has 0 unspecified atom stereocenters. The van der Waals surface area contributed by atoms with Crippen LogP contribution in [0.3, 0.4) is 0 Å². The molecular weight excluding hydrogens is 805 g/mol. The first-order valence-corrected chi connectivity index (χ1v) is 21.7. The van der Waals surface area contributed by atoms with Crippen molar-refractivity contribution in [3.63, 3.8) is 0 Å². The zero-order chi connectivity index (χ0) is 44.4. The van der Waals surface area contributed by atoms with Crippen molar-refractivity contribution in [3.05, 3.63) is 248 Å². The molecule has 11 aromatic rings. The number of rotatable bonds is 9. The molecule has 6 nitrogen and oxygen atoms in total. The van der Waals surface area contributed by atoms with Gasteiger partial charge in [0.25, 0.3) is 0 Å². The van der Waals surface area contributed by atoms with E-state index in [0.717, 1.165) is 83.8 Å². The zero-order valence-corrected chi connectivity index (χ0v) is 35.6. The Kier molecular flexibility index (Phi) is 10.2. The number of fused-ring (bicyclic) bond motifs is 3. The molecule has 0 aliphatic heterocycles. The van der Waals surface area contributed by atoms with Gasteiger partial charge in [0.05, 0.1) is 40.6 Å².